The largest absolute Gasteiger partial charge is 0.481 e. The molecule has 2 saturated heterocycles. The quantitative estimate of drug-likeness (QED) is 0.637. The van der Waals surface area contributed by atoms with Crippen LogP contribution in [0.25, 0.3) is 0 Å². The fourth-order valence-electron chi connectivity index (χ4n) is 2.88. The van der Waals surface area contributed by atoms with E-state index in [-0.39, 0.29) is 18.2 Å². The van der Waals surface area contributed by atoms with Crippen LogP contribution < -0.4 is 10.6 Å². The Morgan fingerprint density at radius 2 is 2.15 bits per heavy atom. The number of piperazine rings is 1. The fourth-order valence-corrected chi connectivity index (χ4v) is 2.88. The van der Waals surface area contributed by atoms with Crippen LogP contribution in [0.2, 0.25) is 0 Å². The number of nitrogens with zero attached hydrogens (tertiary/aromatic N) is 1. The number of carbonyl (C=O) groups excluding carboxylic acids is 2. The summed E-state index contributed by atoms with van der Waals surface area (Å²) in [7, 11) is 0. The normalized spacial score (nSPS) is 30.8. The average Bonchev–Trinajstić information content (AvgIpc) is 2.41. The van der Waals surface area contributed by atoms with E-state index in [1.807, 2.05) is 6.92 Å². The molecule has 2 atom stereocenters. The van der Waals surface area contributed by atoms with Crippen molar-refractivity contribution in [2.75, 3.05) is 19.6 Å². The van der Waals surface area contributed by atoms with E-state index in [2.05, 4.69) is 10.6 Å². The van der Waals surface area contributed by atoms with Crippen molar-refractivity contribution >= 4 is 17.8 Å². The van der Waals surface area contributed by atoms with Gasteiger partial charge in [0.05, 0.1) is 12.0 Å². The van der Waals surface area contributed by atoms with Crippen LogP contribution in [0, 0.1) is 0 Å². The second kappa shape index (κ2) is 5.78. The van der Waals surface area contributed by atoms with Crippen molar-refractivity contribution in [3.05, 3.63) is 0 Å². The first-order valence-electron chi connectivity index (χ1n) is 7.00. The molecule has 2 aliphatic heterocycles. The summed E-state index contributed by atoms with van der Waals surface area (Å²) in [5, 5.41) is 14.8. The summed E-state index contributed by atoms with van der Waals surface area (Å²) in [5.41, 5.74) is -0.688. The number of carboxylic acid groups (broad SMARTS) is 1. The van der Waals surface area contributed by atoms with Crippen LogP contribution in [0.5, 0.6) is 0 Å². The molecular formula is C13H21N3O4. The SMILES string of the molecule is CC1(C(=O)N2CCNC(=O)C2CC(=O)O)CCCCN1. The van der Waals surface area contributed by atoms with E-state index >= 15 is 0 Å². The molecule has 2 rings (SSSR count). The van der Waals surface area contributed by atoms with Gasteiger partial charge in [0.2, 0.25) is 11.8 Å². The minimum absolute atomic E-state index is 0.168. The molecule has 2 unspecified atom stereocenters. The Labute approximate surface area is 117 Å². The monoisotopic (exact) mass is 283 g/mol. The lowest BCUT2D eigenvalue weighted by molar-refractivity contribution is -0.152. The van der Waals surface area contributed by atoms with Crippen molar-refractivity contribution in [2.24, 2.45) is 0 Å². The van der Waals surface area contributed by atoms with Crippen molar-refractivity contribution < 1.29 is 19.5 Å². The van der Waals surface area contributed by atoms with Gasteiger partial charge in [0.15, 0.2) is 0 Å². The molecular weight excluding hydrogens is 262 g/mol. The molecule has 0 bridgehead atoms. The van der Waals surface area contributed by atoms with Gasteiger partial charge in [0.1, 0.15) is 6.04 Å². The molecule has 0 aromatic heterocycles. The Bertz CT molecular complexity index is 418. The number of aliphatic carboxylic acids is 1. The molecule has 7 nitrogen and oxygen atoms in total. The molecule has 0 aliphatic carbocycles. The summed E-state index contributed by atoms with van der Waals surface area (Å²) in [6, 6.07) is -0.908. The van der Waals surface area contributed by atoms with E-state index in [1.54, 1.807) is 0 Å². The van der Waals surface area contributed by atoms with E-state index in [1.165, 1.54) is 4.90 Å². The van der Waals surface area contributed by atoms with Gasteiger partial charge in [-0.05, 0) is 32.7 Å². The van der Waals surface area contributed by atoms with E-state index in [4.69, 9.17) is 5.11 Å². The summed E-state index contributed by atoms with van der Waals surface area (Å²) in [5.74, 6) is -1.63. The predicted octanol–water partition coefficient (Wildman–Crippen LogP) is -0.680. The van der Waals surface area contributed by atoms with Gasteiger partial charge in [-0.1, -0.05) is 0 Å². The number of hydrogen-bond acceptors (Lipinski definition) is 4. The van der Waals surface area contributed by atoms with Crippen molar-refractivity contribution in [1.82, 2.24) is 15.5 Å². The number of nitrogens with one attached hydrogen (secondary N) is 2. The van der Waals surface area contributed by atoms with Crippen LogP contribution in [0.4, 0.5) is 0 Å². The fraction of sp³-hybridized carbons (Fsp3) is 0.769. The first-order valence-corrected chi connectivity index (χ1v) is 7.00. The maximum absolute atomic E-state index is 12.7. The lowest BCUT2D eigenvalue weighted by atomic mass is 9.88. The van der Waals surface area contributed by atoms with Gasteiger partial charge < -0.3 is 20.6 Å². The number of hydrogen-bond donors (Lipinski definition) is 3. The molecule has 0 radical (unpaired) electrons. The second-order valence-corrected chi connectivity index (χ2v) is 5.62. The van der Waals surface area contributed by atoms with Crippen molar-refractivity contribution in [3.63, 3.8) is 0 Å². The minimum Gasteiger partial charge on any atom is -0.481 e. The molecule has 0 aromatic rings. The van der Waals surface area contributed by atoms with Crippen LogP contribution in [-0.4, -0.2) is 59.0 Å². The number of carbonyl (C=O) groups is 3. The number of piperidine rings is 1. The second-order valence-electron chi connectivity index (χ2n) is 5.62. The molecule has 2 heterocycles. The Morgan fingerprint density at radius 1 is 1.40 bits per heavy atom. The van der Waals surface area contributed by atoms with Gasteiger partial charge >= 0.3 is 5.97 Å². The minimum atomic E-state index is -1.08. The summed E-state index contributed by atoms with van der Waals surface area (Å²) < 4.78 is 0. The maximum Gasteiger partial charge on any atom is 0.305 e. The van der Waals surface area contributed by atoms with Crippen LogP contribution in [-0.2, 0) is 14.4 Å². The first-order chi connectivity index (χ1) is 9.44. The van der Waals surface area contributed by atoms with Crippen LogP contribution >= 0.6 is 0 Å². The molecule has 112 valence electrons. The number of amides is 2. The average molecular weight is 283 g/mol. The van der Waals surface area contributed by atoms with E-state index < -0.39 is 17.6 Å². The zero-order valence-electron chi connectivity index (χ0n) is 11.6. The lowest BCUT2D eigenvalue weighted by Gasteiger charge is -2.42. The third-order valence-corrected chi connectivity index (χ3v) is 4.05. The van der Waals surface area contributed by atoms with Crippen LogP contribution in [0.15, 0.2) is 0 Å². The van der Waals surface area contributed by atoms with Crippen LogP contribution in [0.1, 0.15) is 32.6 Å². The molecule has 2 aliphatic rings. The summed E-state index contributed by atoms with van der Waals surface area (Å²) in [6.07, 6.45) is 2.35. The van der Waals surface area contributed by atoms with E-state index in [0.29, 0.717) is 19.5 Å². The van der Waals surface area contributed by atoms with Gasteiger partial charge in [-0.25, -0.2) is 0 Å². The maximum atomic E-state index is 12.7. The highest BCUT2D eigenvalue weighted by molar-refractivity contribution is 5.94. The van der Waals surface area contributed by atoms with Crippen LogP contribution in [0.3, 0.4) is 0 Å². The topological polar surface area (TPSA) is 98.7 Å². The number of carboxylic acids is 1. The Hall–Kier alpha value is -1.63. The molecule has 0 spiro atoms. The molecule has 2 fully saturated rings. The van der Waals surface area contributed by atoms with Crippen molar-refractivity contribution in [2.45, 2.75) is 44.2 Å². The molecule has 0 saturated carbocycles. The first kappa shape index (κ1) is 14.8. The molecule has 2 amide bonds. The molecule has 0 aromatic carbocycles. The smallest absolute Gasteiger partial charge is 0.305 e. The standard InChI is InChI=1S/C13H21N3O4/c1-13(4-2-3-5-15-13)12(20)16-7-6-14-11(19)9(16)8-10(17)18/h9,15H,2-8H2,1H3,(H,14,19)(H,17,18). The van der Waals surface area contributed by atoms with Gasteiger partial charge in [0.25, 0.3) is 0 Å². The zero-order chi connectivity index (χ0) is 14.8. The van der Waals surface area contributed by atoms with Gasteiger partial charge in [-0.15, -0.1) is 0 Å². The highest BCUT2D eigenvalue weighted by atomic mass is 16.4. The van der Waals surface area contributed by atoms with Crippen molar-refractivity contribution in [3.8, 4) is 0 Å². The summed E-state index contributed by atoms with van der Waals surface area (Å²) in [4.78, 5) is 36.9. The third-order valence-electron chi connectivity index (χ3n) is 4.05. The zero-order valence-corrected chi connectivity index (χ0v) is 11.6. The van der Waals surface area contributed by atoms with Gasteiger partial charge in [0, 0.05) is 13.1 Å². The molecule has 3 N–H and O–H groups in total. The Kier molecular flexibility index (Phi) is 4.27. The number of rotatable bonds is 3. The highest BCUT2D eigenvalue weighted by Crippen LogP contribution is 2.23. The predicted molar refractivity (Wildman–Crippen MR) is 71.0 cm³/mol. The van der Waals surface area contributed by atoms with Gasteiger partial charge in [-0.2, -0.15) is 0 Å². The highest BCUT2D eigenvalue weighted by Gasteiger charge is 2.43. The van der Waals surface area contributed by atoms with E-state index in [9.17, 15) is 14.4 Å². The molecule has 7 heteroatoms. The van der Waals surface area contributed by atoms with Crippen molar-refractivity contribution in [1.29, 1.82) is 0 Å². The molecule has 20 heavy (non-hydrogen) atoms. The summed E-state index contributed by atoms with van der Waals surface area (Å²) >= 11 is 0. The van der Waals surface area contributed by atoms with E-state index in [0.717, 1.165) is 19.4 Å². The summed E-state index contributed by atoms with van der Waals surface area (Å²) in [6.45, 7) is 3.33. The third kappa shape index (κ3) is 2.92. The van der Waals surface area contributed by atoms with Gasteiger partial charge in [-0.3, -0.25) is 14.4 Å². The lowest BCUT2D eigenvalue weighted by Crippen LogP contribution is -2.65. The Balaban J connectivity index is 2.16. The Morgan fingerprint density at radius 3 is 2.75 bits per heavy atom.